The summed E-state index contributed by atoms with van der Waals surface area (Å²) in [7, 11) is 1.42. The minimum atomic E-state index is -0.525. The van der Waals surface area contributed by atoms with Crippen LogP contribution < -0.4 is 5.32 Å². The number of hydrogen-bond acceptors (Lipinski definition) is 6. The summed E-state index contributed by atoms with van der Waals surface area (Å²) in [6, 6.07) is 0.114. The van der Waals surface area contributed by atoms with Crippen LogP contribution in [0.25, 0.3) is 0 Å². The van der Waals surface area contributed by atoms with E-state index >= 15 is 0 Å². The highest BCUT2D eigenvalue weighted by Gasteiger charge is 2.35. The lowest BCUT2D eigenvalue weighted by Crippen LogP contribution is -2.49. The molecule has 0 aromatic carbocycles. The molecule has 192 valence electrons. The van der Waals surface area contributed by atoms with Crippen molar-refractivity contribution < 1.29 is 28.7 Å². The van der Waals surface area contributed by atoms with E-state index < -0.39 is 5.60 Å². The van der Waals surface area contributed by atoms with E-state index in [0.29, 0.717) is 51.9 Å². The number of nitrogens with zero attached hydrogens (tertiary/aromatic N) is 2. The molecule has 0 aromatic heterocycles. The molecule has 0 unspecified atom stereocenters. The van der Waals surface area contributed by atoms with Crippen molar-refractivity contribution in [2.45, 2.75) is 83.8 Å². The Labute approximate surface area is 202 Å². The maximum absolute atomic E-state index is 13.0. The van der Waals surface area contributed by atoms with Crippen LogP contribution in [0.3, 0.4) is 0 Å². The first kappa shape index (κ1) is 26.3. The van der Waals surface area contributed by atoms with Crippen LogP contribution in [0.5, 0.6) is 0 Å². The molecule has 34 heavy (non-hydrogen) atoms. The third-order valence-corrected chi connectivity index (χ3v) is 7.28. The monoisotopic (exact) mass is 479 g/mol. The number of likely N-dealkylation sites (tertiary alicyclic amines) is 2. The van der Waals surface area contributed by atoms with E-state index in [0.717, 1.165) is 25.7 Å². The van der Waals surface area contributed by atoms with Crippen LogP contribution in [-0.2, 0) is 23.9 Å². The summed E-state index contributed by atoms with van der Waals surface area (Å²) in [5.41, 5.74) is -0.525. The van der Waals surface area contributed by atoms with E-state index in [1.54, 1.807) is 4.90 Å². The fourth-order valence-electron chi connectivity index (χ4n) is 5.21. The first-order valence-electron chi connectivity index (χ1n) is 12.7. The maximum atomic E-state index is 13.0. The van der Waals surface area contributed by atoms with Crippen LogP contribution in [0, 0.1) is 17.8 Å². The fraction of sp³-hybridized carbons (Fsp3) is 0.840. The first-order chi connectivity index (χ1) is 16.1. The minimum Gasteiger partial charge on any atom is -0.469 e. The van der Waals surface area contributed by atoms with Crippen molar-refractivity contribution in [3.8, 4) is 0 Å². The Hall–Kier alpha value is -2.32. The van der Waals surface area contributed by atoms with Gasteiger partial charge in [-0.15, -0.1) is 0 Å². The van der Waals surface area contributed by atoms with Crippen LogP contribution in [0.2, 0.25) is 0 Å². The summed E-state index contributed by atoms with van der Waals surface area (Å²) in [5.74, 6) is -0.144. The highest BCUT2D eigenvalue weighted by Crippen LogP contribution is 2.27. The van der Waals surface area contributed by atoms with E-state index in [-0.39, 0.29) is 47.7 Å². The van der Waals surface area contributed by atoms with Gasteiger partial charge in [0.25, 0.3) is 0 Å². The van der Waals surface area contributed by atoms with Crippen LogP contribution >= 0.6 is 0 Å². The summed E-state index contributed by atoms with van der Waals surface area (Å²) >= 11 is 0. The predicted molar refractivity (Wildman–Crippen MR) is 126 cm³/mol. The first-order valence-corrected chi connectivity index (χ1v) is 12.7. The molecule has 1 N–H and O–H groups in total. The van der Waals surface area contributed by atoms with Gasteiger partial charge in [0.15, 0.2) is 0 Å². The summed E-state index contributed by atoms with van der Waals surface area (Å²) < 4.78 is 10.3. The van der Waals surface area contributed by atoms with Crippen LogP contribution in [0.1, 0.15) is 72.1 Å². The van der Waals surface area contributed by atoms with Gasteiger partial charge in [0.1, 0.15) is 5.60 Å². The van der Waals surface area contributed by atoms with Crippen LogP contribution in [0.15, 0.2) is 0 Å². The Balaban J connectivity index is 1.37. The van der Waals surface area contributed by atoms with E-state index in [1.165, 1.54) is 7.11 Å². The van der Waals surface area contributed by atoms with Crippen LogP contribution in [0.4, 0.5) is 4.79 Å². The van der Waals surface area contributed by atoms with Gasteiger partial charge in [-0.3, -0.25) is 14.4 Å². The number of ether oxygens (including phenoxy) is 2. The van der Waals surface area contributed by atoms with Gasteiger partial charge in [0.05, 0.1) is 13.0 Å². The summed E-state index contributed by atoms with van der Waals surface area (Å²) in [6.07, 6.45) is 5.41. The molecule has 1 aliphatic carbocycles. The van der Waals surface area contributed by atoms with Crippen LogP contribution in [-0.4, -0.2) is 78.6 Å². The molecular formula is C25H41N3O6. The van der Waals surface area contributed by atoms with Gasteiger partial charge in [-0.1, -0.05) is 0 Å². The van der Waals surface area contributed by atoms with Gasteiger partial charge in [0, 0.05) is 44.1 Å². The Morgan fingerprint density at radius 2 is 1.26 bits per heavy atom. The zero-order chi connectivity index (χ0) is 24.9. The van der Waals surface area contributed by atoms with Gasteiger partial charge in [-0.25, -0.2) is 4.79 Å². The molecule has 3 fully saturated rings. The number of rotatable bonds is 4. The lowest BCUT2D eigenvalue weighted by atomic mass is 9.85. The highest BCUT2D eigenvalue weighted by molar-refractivity contribution is 5.81. The second kappa shape index (κ2) is 11.4. The van der Waals surface area contributed by atoms with Gasteiger partial charge in [-0.05, 0) is 72.1 Å². The second-order valence-electron chi connectivity index (χ2n) is 10.9. The molecule has 2 saturated heterocycles. The molecule has 2 heterocycles. The number of methoxy groups -OCH3 is 1. The molecule has 0 bridgehead atoms. The summed E-state index contributed by atoms with van der Waals surface area (Å²) in [5, 5.41) is 3.16. The predicted octanol–water partition coefficient (Wildman–Crippen LogP) is 2.72. The largest absolute Gasteiger partial charge is 0.469 e. The molecule has 0 radical (unpaired) electrons. The average Bonchev–Trinajstić information content (AvgIpc) is 2.82. The molecule has 2 aliphatic heterocycles. The smallest absolute Gasteiger partial charge is 0.410 e. The second-order valence-corrected chi connectivity index (χ2v) is 10.9. The lowest BCUT2D eigenvalue weighted by Gasteiger charge is -2.37. The molecule has 0 spiro atoms. The van der Waals surface area contributed by atoms with Gasteiger partial charge in [-0.2, -0.15) is 0 Å². The van der Waals surface area contributed by atoms with E-state index in [9.17, 15) is 19.2 Å². The fourth-order valence-corrected chi connectivity index (χ4v) is 5.21. The van der Waals surface area contributed by atoms with E-state index in [1.807, 2.05) is 25.7 Å². The molecule has 0 aromatic rings. The van der Waals surface area contributed by atoms with Crippen molar-refractivity contribution in [3.63, 3.8) is 0 Å². The Morgan fingerprint density at radius 1 is 0.735 bits per heavy atom. The molecular weight excluding hydrogens is 438 g/mol. The average molecular weight is 480 g/mol. The third kappa shape index (κ3) is 7.09. The van der Waals surface area contributed by atoms with Crippen molar-refractivity contribution in [2.24, 2.45) is 17.8 Å². The molecule has 3 aliphatic rings. The SMILES string of the molecule is COC(=O)C1CCC(NC(=O)C2CCN(C(=O)C3CCN(C(=O)OC(C)(C)C)CC3)CC2)CC1. The topological polar surface area (TPSA) is 105 Å². The molecule has 0 atom stereocenters. The van der Waals surface area contributed by atoms with Crippen molar-refractivity contribution in [1.29, 1.82) is 0 Å². The van der Waals surface area contributed by atoms with Crippen molar-refractivity contribution in [3.05, 3.63) is 0 Å². The number of piperidine rings is 2. The van der Waals surface area contributed by atoms with Crippen molar-refractivity contribution in [2.75, 3.05) is 33.3 Å². The maximum Gasteiger partial charge on any atom is 0.410 e. The standard InChI is InChI=1S/C25H41N3O6/c1-25(2,3)34-24(32)28-15-11-18(12-16-28)22(30)27-13-9-17(10-14-27)21(29)26-20-7-5-19(6-8-20)23(31)33-4/h17-20H,5-16H2,1-4H3,(H,26,29). The highest BCUT2D eigenvalue weighted by atomic mass is 16.6. The molecule has 3 amide bonds. The lowest BCUT2D eigenvalue weighted by molar-refractivity contribution is -0.146. The quantitative estimate of drug-likeness (QED) is 0.622. The summed E-state index contributed by atoms with van der Waals surface area (Å²) in [4.78, 5) is 53.3. The minimum absolute atomic E-state index is 0.0524. The Morgan fingerprint density at radius 3 is 1.79 bits per heavy atom. The van der Waals surface area contributed by atoms with Crippen molar-refractivity contribution >= 4 is 23.9 Å². The molecule has 9 nitrogen and oxygen atoms in total. The van der Waals surface area contributed by atoms with Gasteiger partial charge >= 0.3 is 12.1 Å². The number of esters is 1. The summed E-state index contributed by atoms with van der Waals surface area (Å²) in [6.45, 7) is 7.80. The molecule has 3 rings (SSSR count). The number of nitrogens with one attached hydrogen (secondary N) is 1. The van der Waals surface area contributed by atoms with Gasteiger partial charge in [0.2, 0.25) is 11.8 Å². The third-order valence-electron chi connectivity index (χ3n) is 7.28. The number of carbonyl (C=O) groups is 4. The normalized spacial score (nSPS) is 24.9. The number of carbonyl (C=O) groups excluding carboxylic acids is 4. The van der Waals surface area contributed by atoms with Crippen molar-refractivity contribution in [1.82, 2.24) is 15.1 Å². The zero-order valence-corrected chi connectivity index (χ0v) is 21.1. The zero-order valence-electron chi connectivity index (χ0n) is 21.1. The number of amides is 3. The molecule has 9 heteroatoms. The molecule has 1 saturated carbocycles. The Bertz CT molecular complexity index is 740. The van der Waals surface area contributed by atoms with E-state index in [4.69, 9.17) is 9.47 Å². The Kier molecular flexibility index (Phi) is 8.82. The van der Waals surface area contributed by atoms with E-state index in [2.05, 4.69) is 5.32 Å². The van der Waals surface area contributed by atoms with Gasteiger partial charge < -0.3 is 24.6 Å². The number of hydrogen-bond donors (Lipinski definition) is 1.